The summed E-state index contributed by atoms with van der Waals surface area (Å²) in [6, 6.07) is 7.10. The van der Waals surface area contributed by atoms with Gasteiger partial charge in [0.1, 0.15) is 41.5 Å². The molecule has 3 fully saturated rings. The van der Waals surface area contributed by atoms with Gasteiger partial charge >= 0.3 is 5.97 Å². The van der Waals surface area contributed by atoms with Gasteiger partial charge in [-0.25, -0.2) is 0 Å². The smallest absolute Gasteiger partial charge is 0.311 e. The molecule has 1 aromatic heterocycles. The van der Waals surface area contributed by atoms with Crippen LogP contribution in [-0.4, -0.2) is 180 Å². The van der Waals surface area contributed by atoms with Crippen molar-refractivity contribution in [2.75, 3.05) is 27.7 Å². The van der Waals surface area contributed by atoms with Crippen molar-refractivity contribution < 1.29 is 63.5 Å². The van der Waals surface area contributed by atoms with E-state index >= 15 is 0 Å². The monoisotopic (exact) mass is 1000 g/mol. The second-order valence-electron chi connectivity index (χ2n) is 22.2. The standard InChI is InChI=1S/C53H89N5O13/c1-15-42-53(11,65)46(61)36(7)56(12)28-31(2)26-51(9,64)48(34(5)45(35(6)49(63)69-42)70-43-27-52(10,66-14)47(62)37(8)68-43)71-50-44(60)41(25-33(4)67-50)57(13)29-38-20-22-39(23-21-38)40-30-58(55-54-40)24-18-16-17-19-32(3)59/h20-23,30-31,33-37,41-48,50,60-62,64-65H,15-19,24-29H2,1-14H3/t31-,33-,34+,35-,36-,37+,41+,42-,43-,44+,45-,46-,47-,48+,50+,51-,52+,53-/m1/s1. The Morgan fingerprint density at radius 3 is 2.25 bits per heavy atom. The van der Waals surface area contributed by atoms with Crippen molar-refractivity contribution in [1.82, 2.24) is 24.8 Å². The zero-order valence-corrected chi connectivity index (χ0v) is 45.1. The molecule has 0 amide bonds. The lowest BCUT2D eigenvalue weighted by atomic mass is 9.77. The first-order chi connectivity index (χ1) is 33.2. The molecule has 0 radical (unpaired) electrons. The maximum Gasteiger partial charge on any atom is 0.311 e. The molecule has 1 aromatic carbocycles. The number of carbonyl (C=O) groups is 2. The van der Waals surface area contributed by atoms with Gasteiger partial charge in [-0.2, -0.15) is 0 Å². The number of rotatable bonds is 16. The highest BCUT2D eigenvalue weighted by atomic mass is 16.7. The third-order valence-corrected chi connectivity index (χ3v) is 15.7. The molecule has 4 heterocycles. The van der Waals surface area contributed by atoms with Crippen molar-refractivity contribution >= 4 is 11.8 Å². The molecule has 0 spiro atoms. The Morgan fingerprint density at radius 1 is 0.944 bits per heavy atom. The van der Waals surface area contributed by atoms with E-state index in [1.54, 1.807) is 48.5 Å². The topological polar surface area (TPSA) is 228 Å². The first-order valence-corrected chi connectivity index (χ1v) is 26.0. The summed E-state index contributed by atoms with van der Waals surface area (Å²) < 4.78 is 40.2. The van der Waals surface area contributed by atoms with Crippen molar-refractivity contribution in [3.8, 4) is 11.3 Å². The predicted molar refractivity (Wildman–Crippen MR) is 267 cm³/mol. The minimum Gasteiger partial charge on any atom is -0.459 e. The number of likely N-dealkylation sites (N-methyl/N-ethyl adjacent to an activating group) is 2. The molecule has 3 aliphatic heterocycles. The number of aliphatic hydroxyl groups excluding tert-OH is 3. The summed E-state index contributed by atoms with van der Waals surface area (Å²) in [4.78, 5) is 29.8. The molecule has 0 saturated carbocycles. The summed E-state index contributed by atoms with van der Waals surface area (Å²) in [5.74, 6) is -2.56. The van der Waals surface area contributed by atoms with E-state index in [0.717, 1.165) is 42.6 Å². The van der Waals surface area contributed by atoms with E-state index in [0.29, 0.717) is 25.9 Å². The van der Waals surface area contributed by atoms with Gasteiger partial charge in [-0.3, -0.25) is 14.4 Å². The number of esters is 1. The van der Waals surface area contributed by atoms with Crippen molar-refractivity contribution in [3.63, 3.8) is 0 Å². The van der Waals surface area contributed by atoms with Crippen LogP contribution in [0.25, 0.3) is 11.3 Å². The van der Waals surface area contributed by atoms with Gasteiger partial charge in [-0.1, -0.05) is 56.7 Å². The Hall–Kier alpha value is -2.98. The lowest BCUT2D eigenvalue weighted by Crippen LogP contribution is -2.60. The van der Waals surface area contributed by atoms with E-state index < -0.39 is 102 Å². The fourth-order valence-corrected chi connectivity index (χ4v) is 11.2. The van der Waals surface area contributed by atoms with Crippen LogP contribution < -0.4 is 0 Å². The summed E-state index contributed by atoms with van der Waals surface area (Å²) in [5.41, 5.74) is -1.81. The predicted octanol–water partition coefficient (Wildman–Crippen LogP) is 4.88. The Morgan fingerprint density at radius 2 is 1.62 bits per heavy atom. The minimum atomic E-state index is -1.83. The molecular formula is C53H89N5O13. The van der Waals surface area contributed by atoms with E-state index in [1.807, 2.05) is 74.9 Å². The number of hydrogen-bond donors (Lipinski definition) is 5. The SMILES string of the molecule is CC[C@H]1OC(=O)[C@H](C)[C@H](O[C@@H]2C[C@](C)(OC)[C@H](O)[C@H](C)O2)[C@H](C)[C@H](O[C@@H]2O[C@H](C)C[C@H](N(C)Cc3ccc(-c4cn(CCCCCC(C)=O)nn4)cc3)[C@@H]2O)[C@](C)(O)C[C@@H](C)CN(C)[C@H](C)[C@@H](O)[C@]1(C)O. The van der Waals surface area contributed by atoms with E-state index in [9.17, 15) is 35.1 Å². The summed E-state index contributed by atoms with van der Waals surface area (Å²) in [7, 11) is 5.30. The number of ketones is 1. The van der Waals surface area contributed by atoms with Gasteiger partial charge in [0.05, 0.1) is 47.7 Å². The van der Waals surface area contributed by atoms with Crippen LogP contribution in [0.4, 0.5) is 0 Å². The van der Waals surface area contributed by atoms with E-state index in [2.05, 4.69) is 15.2 Å². The number of Topliss-reactive ketones (excluding diaryl/α,β-unsaturated/α-hetero) is 1. The molecule has 0 unspecified atom stereocenters. The van der Waals surface area contributed by atoms with E-state index in [1.165, 1.54) is 14.0 Å². The number of ether oxygens (including phenoxy) is 6. The summed E-state index contributed by atoms with van der Waals surface area (Å²) >= 11 is 0. The van der Waals surface area contributed by atoms with Crippen molar-refractivity contribution in [3.05, 3.63) is 36.0 Å². The van der Waals surface area contributed by atoms with Gasteiger partial charge in [0.15, 0.2) is 12.6 Å². The average Bonchev–Trinajstić information content (AvgIpc) is 3.78. The highest BCUT2D eigenvalue weighted by Crippen LogP contribution is 2.40. The van der Waals surface area contributed by atoms with Gasteiger partial charge in [-0.05, 0) is 113 Å². The number of aryl methyl sites for hydroxylation is 1. The molecule has 18 nitrogen and oxygen atoms in total. The number of aromatic nitrogens is 3. The number of cyclic esters (lactones) is 1. The van der Waals surface area contributed by atoms with Crippen LogP contribution in [0.1, 0.15) is 133 Å². The summed E-state index contributed by atoms with van der Waals surface area (Å²) in [5, 5.41) is 68.5. The molecule has 18 heteroatoms. The molecule has 71 heavy (non-hydrogen) atoms. The number of carbonyl (C=O) groups excluding carboxylic acids is 2. The normalized spacial score (nSPS) is 39.4. The van der Waals surface area contributed by atoms with Gasteiger partial charge in [0.25, 0.3) is 0 Å². The van der Waals surface area contributed by atoms with Crippen LogP contribution in [0.5, 0.6) is 0 Å². The van der Waals surface area contributed by atoms with Crippen molar-refractivity contribution in [1.29, 1.82) is 0 Å². The van der Waals surface area contributed by atoms with Gasteiger partial charge in [-0.15, -0.1) is 5.10 Å². The van der Waals surface area contributed by atoms with Crippen LogP contribution in [0.2, 0.25) is 0 Å². The lowest BCUT2D eigenvalue weighted by molar-refractivity contribution is -0.318. The second-order valence-corrected chi connectivity index (χ2v) is 22.2. The molecule has 5 N–H and O–H groups in total. The molecule has 5 rings (SSSR count). The Bertz CT molecular complexity index is 1990. The highest BCUT2D eigenvalue weighted by Gasteiger charge is 2.53. The third-order valence-electron chi connectivity index (χ3n) is 15.7. The zero-order chi connectivity index (χ0) is 52.7. The molecule has 0 aliphatic carbocycles. The van der Waals surface area contributed by atoms with Crippen molar-refractivity contribution in [2.24, 2.45) is 17.8 Å². The number of aliphatic hydroxyl groups is 5. The number of unbranched alkanes of at least 4 members (excludes halogenated alkanes) is 2. The number of hydrogen-bond acceptors (Lipinski definition) is 17. The Labute approximate surface area is 422 Å². The number of benzene rings is 1. The number of methoxy groups -OCH3 is 1. The average molecular weight is 1000 g/mol. The quantitative estimate of drug-likeness (QED) is 0.112. The maximum atomic E-state index is 14.5. The van der Waals surface area contributed by atoms with Gasteiger partial charge in [0.2, 0.25) is 0 Å². The molecule has 18 atom stereocenters. The lowest BCUT2D eigenvalue weighted by Gasteiger charge is -2.49. The molecule has 3 saturated heterocycles. The summed E-state index contributed by atoms with van der Waals surface area (Å²) in [6.45, 7) is 20.9. The van der Waals surface area contributed by atoms with Crippen LogP contribution in [0.15, 0.2) is 30.5 Å². The Balaban J connectivity index is 1.43. The van der Waals surface area contributed by atoms with Crippen LogP contribution in [0, 0.1) is 17.8 Å². The van der Waals surface area contributed by atoms with E-state index in [-0.39, 0.29) is 37.1 Å². The molecule has 0 bridgehead atoms. The zero-order valence-electron chi connectivity index (χ0n) is 45.1. The van der Waals surface area contributed by atoms with Crippen LogP contribution >= 0.6 is 0 Å². The highest BCUT2D eigenvalue weighted by molar-refractivity contribution is 5.75. The summed E-state index contributed by atoms with van der Waals surface area (Å²) in [6.07, 6.45) is -3.73. The first kappa shape index (κ1) is 58.9. The largest absolute Gasteiger partial charge is 0.459 e. The molecule has 3 aliphatic rings. The fourth-order valence-electron chi connectivity index (χ4n) is 11.2. The van der Waals surface area contributed by atoms with Crippen molar-refractivity contribution in [2.45, 2.75) is 231 Å². The van der Waals surface area contributed by atoms with Gasteiger partial charge < -0.3 is 63.6 Å². The molecule has 404 valence electrons. The van der Waals surface area contributed by atoms with E-state index in [4.69, 9.17) is 28.4 Å². The fraction of sp³-hybridized carbons (Fsp3) is 0.811. The molecule has 2 aromatic rings. The van der Waals surface area contributed by atoms with Crippen LogP contribution in [-0.2, 0) is 51.1 Å². The first-order valence-electron chi connectivity index (χ1n) is 26.0. The maximum absolute atomic E-state index is 14.5. The minimum absolute atomic E-state index is 0.104. The third kappa shape index (κ3) is 14.7. The molecular weight excluding hydrogens is 915 g/mol. The van der Waals surface area contributed by atoms with Gasteiger partial charge in [0, 0.05) is 63.2 Å². The second kappa shape index (κ2) is 25.0. The Kier molecular flexibility index (Phi) is 20.8. The van der Waals surface area contributed by atoms with Crippen LogP contribution in [0.3, 0.4) is 0 Å². The number of nitrogens with zero attached hydrogens (tertiary/aromatic N) is 5.